The normalized spacial score (nSPS) is 16.2. The Balaban J connectivity index is 1.52. The molecule has 1 fully saturated rings. The Morgan fingerprint density at radius 1 is 1.12 bits per heavy atom. The number of rotatable bonds is 10. The SMILES string of the molecule is CCOC(=O)c1ccc(S(=O)(=O)N2CCC(C(=O)NCC(Nc3ccccc3)C(C)C)CC2)o1. The minimum absolute atomic E-state index is 0.0689. The Hall–Kier alpha value is -2.85. The van der Waals surface area contributed by atoms with E-state index in [0.29, 0.717) is 25.3 Å². The molecule has 2 aromatic rings. The summed E-state index contributed by atoms with van der Waals surface area (Å²) in [6.45, 7) is 6.89. The van der Waals surface area contributed by atoms with Gasteiger partial charge >= 0.3 is 5.97 Å². The average molecular weight is 492 g/mol. The van der Waals surface area contributed by atoms with E-state index in [9.17, 15) is 18.0 Å². The fraction of sp³-hybridized carbons (Fsp3) is 0.500. The minimum Gasteiger partial charge on any atom is -0.460 e. The first-order chi connectivity index (χ1) is 16.2. The van der Waals surface area contributed by atoms with Gasteiger partial charge in [0.2, 0.25) is 16.8 Å². The average Bonchev–Trinajstić information content (AvgIpc) is 3.34. The molecule has 1 aliphatic heterocycles. The lowest BCUT2D eigenvalue weighted by Gasteiger charge is -2.30. The van der Waals surface area contributed by atoms with E-state index < -0.39 is 16.0 Å². The number of ether oxygens (including phenoxy) is 1. The van der Waals surface area contributed by atoms with Crippen molar-refractivity contribution in [2.75, 3.05) is 31.6 Å². The van der Waals surface area contributed by atoms with Gasteiger partial charge in [-0.1, -0.05) is 32.0 Å². The number of hydrogen-bond acceptors (Lipinski definition) is 7. The molecule has 10 heteroatoms. The number of nitrogens with zero attached hydrogens (tertiary/aromatic N) is 1. The number of piperidine rings is 1. The van der Waals surface area contributed by atoms with Gasteiger partial charge < -0.3 is 19.8 Å². The largest absolute Gasteiger partial charge is 0.460 e. The predicted molar refractivity (Wildman–Crippen MR) is 128 cm³/mol. The number of carbonyl (C=O) groups excluding carboxylic acids is 2. The zero-order chi connectivity index (χ0) is 24.7. The molecular weight excluding hydrogens is 458 g/mol. The van der Waals surface area contributed by atoms with Gasteiger partial charge in [-0.05, 0) is 49.9 Å². The van der Waals surface area contributed by atoms with Crippen LogP contribution in [0.5, 0.6) is 0 Å². The van der Waals surface area contributed by atoms with Crippen LogP contribution in [0.25, 0.3) is 0 Å². The summed E-state index contributed by atoms with van der Waals surface area (Å²) in [5, 5.41) is 6.18. The molecule has 1 aliphatic rings. The van der Waals surface area contributed by atoms with Gasteiger partial charge in [-0.25, -0.2) is 13.2 Å². The van der Waals surface area contributed by atoms with E-state index in [1.54, 1.807) is 6.92 Å². The lowest BCUT2D eigenvalue weighted by atomic mass is 9.96. The van der Waals surface area contributed by atoms with E-state index in [1.807, 2.05) is 30.3 Å². The molecule has 0 bridgehead atoms. The third-order valence-electron chi connectivity index (χ3n) is 5.90. The summed E-state index contributed by atoms with van der Waals surface area (Å²) < 4.78 is 37.1. The molecule has 3 rings (SSSR count). The monoisotopic (exact) mass is 491 g/mol. The Bertz CT molecular complexity index is 1060. The first-order valence-corrected chi connectivity index (χ1v) is 13.0. The highest BCUT2D eigenvalue weighted by atomic mass is 32.2. The number of benzene rings is 1. The van der Waals surface area contributed by atoms with Gasteiger partial charge in [-0.15, -0.1) is 0 Å². The van der Waals surface area contributed by atoms with Crippen molar-refractivity contribution in [1.29, 1.82) is 0 Å². The Morgan fingerprint density at radius 2 is 1.79 bits per heavy atom. The molecule has 1 atom stereocenters. The smallest absolute Gasteiger partial charge is 0.374 e. The molecule has 186 valence electrons. The summed E-state index contributed by atoms with van der Waals surface area (Å²) in [4.78, 5) is 24.5. The van der Waals surface area contributed by atoms with Crippen LogP contribution in [0.1, 0.15) is 44.2 Å². The van der Waals surface area contributed by atoms with Crippen LogP contribution in [-0.4, -0.2) is 56.9 Å². The molecule has 0 spiro atoms. The van der Waals surface area contributed by atoms with Crippen LogP contribution in [0.2, 0.25) is 0 Å². The van der Waals surface area contributed by atoms with Gasteiger partial charge in [0.15, 0.2) is 0 Å². The number of carbonyl (C=O) groups is 2. The van der Waals surface area contributed by atoms with Crippen molar-refractivity contribution >= 4 is 27.6 Å². The predicted octanol–water partition coefficient (Wildman–Crippen LogP) is 3.11. The maximum Gasteiger partial charge on any atom is 0.374 e. The molecule has 1 amide bonds. The van der Waals surface area contributed by atoms with Crippen LogP contribution in [0.4, 0.5) is 5.69 Å². The zero-order valence-electron chi connectivity index (χ0n) is 19.8. The van der Waals surface area contributed by atoms with Crippen LogP contribution in [0, 0.1) is 11.8 Å². The van der Waals surface area contributed by atoms with Crippen LogP contribution >= 0.6 is 0 Å². The second-order valence-electron chi connectivity index (χ2n) is 8.62. The van der Waals surface area contributed by atoms with Crippen LogP contribution in [0.3, 0.4) is 0 Å². The third-order valence-corrected chi connectivity index (χ3v) is 7.68. The highest BCUT2D eigenvalue weighted by Crippen LogP contribution is 2.25. The van der Waals surface area contributed by atoms with Crippen molar-refractivity contribution in [3.63, 3.8) is 0 Å². The molecule has 0 radical (unpaired) electrons. The highest BCUT2D eigenvalue weighted by molar-refractivity contribution is 7.89. The number of para-hydroxylation sites is 1. The van der Waals surface area contributed by atoms with Crippen molar-refractivity contribution in [1.82, 2.24) is 9.62 Å². The molecule has 0 saturated carbocycles. The van der Waals surface area contributed by atoms with Gasteiger partial charge in [-0.2, -0.15) is 4.31 Å². The Kier molecular flexibility index (Phi) is 8.73. The second-order valence-corrected chi connectivity index (χ2v) is 10.5. The molecular formula is C24H33N3O6S. The molecule has 9 nitrogen and oxygen atoms in total. The maximum atomic E-state index is 12.9. The third kappa shape index (κ3) is 6.38. The summed E-state index contributed by atoms with van der Waals surface area (Å²) >= 11 is 0. The summed E-state index contributed by atoms with van der Waals surface area (Å²) in [7, 11) is -3.89. The van der Waals surface area contributed by atoms with Crippen molar-refractivity contribution in [3.8, 4) is 0 Å². The number of anilines is 1. The van der Waals surface area contributed by atoms with Crippen molar-refractivity contribution < 1.29 is 27.2 Å². The van der Waals surface area contributed by atoms with Crippen LogP contribution in [0.15, 0.2) is 52.0 Å². The number of nitrogens with one attached hydrogen (secondary N) is 2. The fourth-order valence-electron chi connectivity index (χ4n) is 3.81. The number of amides is 1. The summed E-state index contributed by atoms with van der Waals surface area (Å²) in [6, 6.07) is 12.5. The quantitative estimate of drug-likeness (QED) is 0.490. The number of sulfonamides is 1. The zero-order valence-corrected chi connectivity index (χ0v) is 20.6. The molecule has 2 heterocycles. The van der Waals surface area contributed by atoms with Gasteiger partial charge in [0.25, 0.3) is 10.0 Å². The van der Waals surface area contributed by atoms with Gasteiger partial charge in [0.1, 0.15) is 0 Å². The lowest BCUT2D eigenvalue weighted by molar-refractivity contribution is -0.126. The van der Waals surface area contributed by atoms with Gasteiger partial charge in [0.05, 0.1) is 6.61 Å². The molecule has 1 aromatic heterocycles. The number of hydrogen-bond donors (Lipinski definition) is 2. The highest BCUT2D eigenvalue weighted by Gasteiger charge is 2.34. The summed E-state index contributed by atoms with van der Waals surface area (Å²) in [6.07, 6.45) is 0.823. The Morgan fingerprint density at radius 3 is 2.41 bits per heavy atom. The van der Waals surface area contributed by atoms with Gasteiger partial charge in [-0.3, -0.25) is 4.79 Å². The van der Waals surface area contributed by atoms with Gasteiger partial charge in [0, 0.05) is 37.3 Å². The minimum atomic E-state index is -3.89. The van der Waals surface area contributed by atoms with E-state index in [0.717, 1.165) is 5.69 Å². The molecule has 1 unspecified atom stereocenters. The lowest BCUT2D eigenvalue weighted by Crippen LogP contribution is -2.45. The molecule has 2 N–H and O–H groups in total. The topological polar surface area (TPSA) is 118 Å². The summed E-state index contributed by atoms with van der Waals surface area (Å²) in [5.41, 5.74) is 0.998. The van der Waals surface area contributed by atoms with Crippen LogP contribution in [-0.2, 0) is 19.6 Å². The second kappa shape index (κ2) is 11.5. The molecule has 0 aliphatic carbocycles. The first-order valence-electron chi connectivity index (χ1n) is 11.6. The van der Waals surface area contributed by atoms with E-state index >= 15 is 0 Å². The van der Waals surface area contributed by atoms with E-state index in [4.69, 9.17) is 9.15 Å². The first kappa shape index (κ1) is 25.8. The van der Waals surface area contributed by atoms with Crippen molar-refractivity contribution in [3.05, 3.63) is 48.2 Å². The Labute approximate surface area is 200 Å². The molecule has 1 aromatic carbocycles. The van der Waals surface area contributed by atoms with Crippen LogP contribution < -0.4 is 10.6 Å². The summed E-state index contributed by atoms with van der Waals surface area (Å²) in [5.74, 6) is -0.887. The number of esters is 1. The fourth-order valence-corrected chi connectivity index (χ4v) is 5.19. The van der Waals surface area contributed by atoms with E-state index in [1.165, 1.54) is 16.4 Å². The number of furan rings is 1. The standard InChI is InChI=1S/C24H33N3O6S/c1-4-32-24(29)21-10-11-22(33-21)34(30,31)27-14-12-18(13-15-27)23(28)25-16-20(17(2)3)26-19-8-6-5-7-9-19/h5-11,17-18,20,26H,4,12-16H2,1-3H3,(H,25,28). The maximum absolute atomic E-state index is 12.9. The van der Waals surface area contributed by atoms with E-state index in [-0.39, 0.29) is 48.4 Å². The van der Waals surface area contributed by atoms with Crippen molar-refractivity contribution in [2.24, 2.45) is 11.8 Å². The molecule has 34 heavy (non-hydrogen) atoms. The van der Waals surface area contributed by atoms with Crippen molar-refractivity contribution in [2.45, 2.75) is 44.7 Å². The molecule has 1 saturated heterocycles. The van der Waals surface area contributed by atoms with E-state index in [2.05, 4.69) is 24.5 Å².